The minimum atomic E-state index is -1.02. The largest absolute Gasteiger partial charge is 0.481 e. The van der Waals surface area contributed by atoms with E-state index in [4.69, 9.17) is 0 Å². The Morgan fingerprint density at radius 2 is 1.76 bits per heavy atom. The smallest absolute Gasteiger partial charge is 0.305 e. The van der Waals surface area contributed by atoms with Crippen LogP contribution in [-0.2, 0) is 9.59 Å². The summed E-state index contributed by atoms with van der Waals surface area (Å²) in [6.07, 6.45) is 5.35. The number of carboxylic acid groups (broad SMARTS) is 1. The van der Waals surface area contributed by atoms with E-state index in [9.17, 15) is 24.3 Å². The van der Waals surface area contributed by atoms with Gasteiger partial charge in [-0.3, -0.25) is 24.2 Å². The summed E-state index contributed by atoms with van der Waals surface area (Å²) < 4.78 is 0. The Kier molecular flexibility index (Phi) is 8.80. The van der Waals surface area contributed by atoms with Gasteiger partial charge in [-0.2, -0.15) is 0 Å². The topological polar surface area (TPSA) is 132 Å². The number of anilines is 2. The number of hydrogen-bond donors (Lipinski definition) is 3. The Hall–Kier alpha value is -4.73. The van der Waals surface area contributed by atoms with Gasteiger partial charge in [-0.25, -0.2) is 0 Å². The zero-order chi connectivity index (χ0) is 29.6. The number of nitrogens with zero attached hydrogens (tertiary/aromatic N) is 3. The quantitative estimate of drug-likeness (QED) is 0.354. The summed E-state index contributed by atoms with van der Waals surface area (Å²) in [5.74, 6) is -1.64. The molecule has 10 heteroatoms. The van der Waals surface area contributed by atoms with Gasteiger partial charge in [-0.05, 0) is 62.1 Å². The van der Waals surface area contributed by atoms with E-state index in [2.05, 4.69) is 20.5 Å². The van der Waals surface area contributed by atoms with Crippen LogP contribution >= 0.6 is 0 Å². The minimum absolute atomic E-state index is 0.0338. The minimum Gasteiger partial charge on any atom is -0.481 e. The summed E-state index contributed by atoms with van der Waals surface area (Å²) in [7, 11) is 0. The molecule has 1 aromatic heterocycles. The van der Waals surface area contributed by atoms with Crippen molar-refractivity contribution in [3.63, 3.8) is 0 Å². The number of pyridine rings is 1. The van der Waals surface area contributed by atoms with Gasteiger partial charge in [0.05, 0.1) is 29.4 Å². The molecule has 1 aliphatic heterocycles. The van der Waals surface area contributed by atoms with Gasteiger partial charge in [-0.15, -0.1) is 0 Å². The fourth-order valence-corrected chi connectivity index (χ4v) is 5.13. The lowest BCUT2D eigenvalue weighted by molar-refractivity contribution is -0.137. The van der Waals surface area contributed by atoms with E-state index in [-0.39, 0.29) is 24.2 Å². The maximum Gasteiger partial charge on any atom is 0.305 e. The lowest BCUT2D eigenvalue weighted by atomic mass is 10.0. The van der Waals surface area contributed by atoms with Crippen molar-refractivity contribution in [2.75, 3.05) is 36.4 Å². The Morgan fingerprint density at radius 3 is 2.45 bits per heavy atom. The number of aryl methyl sites for hydroxylation is 1. The number of carbonyl (C=O) groups is 4. The lowest BCUT2D eigenvalue weighted by Crippen LogP contribution is -2.35. The second-order valence-corrected chi connectivity index (χ2v) is 10.9. The zero-order valence-corrected chi connectivity index (χ0v) is 23.6. The molecule has 0 bridgehead atoms. The van der Waals surface area contributed by atoms with Crippen molar-refractivity contribution in [3.05, 3.63) is 89.2 Å². The molecule has 0 spiro atoms. The molecular weight excluding hydrogens is 534 g/mol. The SMILES string of the molecule is Cc1ccc(C(CC(=O)O)NC(=O)c2ccc(N3CCCN(C(=O)c4cccnc4)CC3)c(NC(=O)C3CC3)c2)cc1. The Labute approximate surface area is 244 Å². The second kappa shape index (κ2) is 12.8. The van der Waals surface area contributed by atoms with Crippen LogP contribution in [0, 0.1) is 12.8 Å². The third-order valence-electron chi connectivity index (χ3n) is 7.66. The van der Waals surface area contributed by atoms with Gasteiger partial charge in [-0.1, -0.05) is 29.8 Å². The first-order valence-electron chi connectivity index (χ1n) is 14.3. The van der Waals surface area contributed by atoms with E-state index in [0.717, 1.165) is 30.5 Å². The highest BCUT2D eigenvalue weighted by atomic mass is 16.4. The first-order valence-corrected chi connectivity index (χ1v) is 14.3. The van der Waals surface area contributed by atoms with E-state index in [1.54, 1.807) is 36.7 Å². The predicted octanol–water partition coefficient (Wildman–Crippen LogP) is 4.04. The maximum atomic E-state index is 13.4. The average Bonchev–Trinajstić information content (AvgIpc) is 3.85. The molecule has 2 aliphatic rings. The lowest BCUT2D eigenvalue weighted by Gasteiger charge is -2.27. The summed E-state index contributed by atoms with van der Waals surface area (Å²) in [5.41, 5.74) is 3.89. The number of nitrogens with one attached hydrogen (secondary N) is 2. The summed E-state index contributed by atoms with van der Waals surface area (Å²) in [5, 5.41) is 15.4. The zero-order valence-electron chi connectivity index (χ0n) is 23.6. The maximum absolute atomic E-state index is 13.4. The highest BCUT2D eigenvalue weighted by molar-refractivity contribution is 6.01. The van der Waals surface area contributed by atoms with E-state index in [1.807, 2.05) is 42.2 Å². The van der Waals surface area contributed by atoms with E-state index >= 15 is 0 Å². The van der Waals surface area contributed by atoms with Crippen LogP contribution in [-0.4, -0.2) is 64.9 Å². The number of carbonyl (C=O) groups excluding carboxylic acids is 3. The summed E-state index contributed by atoms with van der Waals surface area (Å²) in [6.45, 7) is 4.26. The van der Waals surface area contributed by atoms with Crippen LogP contribution in [0.1, 0.15) is 63.6 Å². The molecule has 1 unspecified atom stereocenters. The van der Waals surface area contributed by atoms with Crippen LogP contribution in [0.25, 0.3) is 0 Å². The van der Waals surface area contributed by atoms with E-state index < -0.39 is 17.9 Å². The highest BCUT2D eigenvalue weighted by Gasteiger charge is 2.31. The molecule has 3 N–H and O–H groups in total. The molecule has 42 heavy (non-hydrogen) atoms. The second-order valence-electron chi connectivity index (χ2n) is 10.9. The summed E-state index contributed by atoms with van der Waals surface area (Å²) >= 11 is 0. The van der Waals surface area contributed by atoms with Gasteiger partial charge >= 0.3 is 5.97 Å². The number of carboxylic acids is 1. The van der Waals surface area contributed by atoms with Gasteiger partial charge < -0.3 is 25.5 Å². The monoisotopic (exact) mass is 569 g/mol. The number of aromatic nitrogens is 1. The van der Waals surface area contributed by atoms with Crippen molar-refractivity contribution in [1.29, 1.82) is 0 Å². The third kappa shape index (κ3) is 7.12. The molecule has 2 aromatic carbocycles. The van der Waals surface area contributed by atoms with Crippen molar-refractivity contribution >= 4 is 35.1 Å². The molecule has 0 radical (unpaired) electrons. The van der Waals surface area contributed by atoms with Crippen molar-refractivity contribution in [3.8, 4) is 0 Å². The normalized spacial score (nSPS) is 15.8. The molecule has 1 saturated carbocycles. The predicted molar refractivity (Wildman–Crippen MR) is 158 cm³/mol. The van der Waals surface area contributed by atoms with Gasteiger partial charge in [0.2, 0.25) is 5.91 Å². The highest BCUT2D eigenvalue weighted by Crippen LogP contribution is 2.34. The molecule has 3 aromatic rings. The van der Waals surface area contributed by atoms with Crippen LogP contribution in [0.3, 0.4) is 0 Å². The van der Waals surface area contributed by atoms with Crippen molar-refractivity contribution < 1.29 is 24.3 Å². The van der Waals surface area contributed by atoms with Gasteiger partial charge in [0, 0.05) is 50.1 Å². The third-order valence-corrected chi connectivity index (χ3v) is 7.66. The molecule has 218 valence electrons. The van der Waals surface area contributed by atoms with Gasteiger partial charge in [0.15, 0.2) is 0 Å². The Balaban J connectivity index is 1.36. The molecule has 1 aliphatic carbocycles. The fourth-order valence-electron chi connectivity index (χ4n) is 5.13. The molecule has 2 fully saturated rings. The number of amides is 3. The first-order chi connectivity index (χ1) is 20.3. The number of aliphatic carboxylic acids is 1. The molecule has 10 nitrogen and oxygen atoms in total. The molecule has 1 saturated heterocycles. The van der Waals surface area contributed by atoms with Gasteiger partial charge in [0.25, 0.3) is 11.8 Å². The molecule has 2 heterocycles. The molecule has 3 amide bonds. The van der Waals surface area contributed by atoms with Crippen LogP contribution in [0.4, 0.5) is 11.4 Å². The summed E-state index contributed by atoms with van der Waals surface area (Å²) in [4.78, 5) is 58.8. The van der Waals surface area contributed by atoms with E-state index in [0.29, 0.717) is 48.6 Å². The van der Waals surface area contributed by atoms with Crippen LogP contribution in [0.2, 0.25) is 0 Å². The summed E-state index contributed by atoms with van der Waals surface area (Å²) in [6, 6.07) is 15.3. The number of benzene rings is 2. The van der Waals surface area contributed by atoms with Crippen molar-refractivity contribution in [2.24, 2.45) is 5.92 Å². The average molecular weight is 570 g/mol. The van der Waals surface area contributed by atoms with Crippen LogP contribution in [0.15, 0.2) is 67.0 Å². The standard InChI is InChI=1S/C32H35N5O5/c1-21-5-7-22(8-6-21)26(19-29(38)39)34-31(41)24-11-12-28(27(18-24)35-30(40)23-9-10-23)36-14-3-15-37(17-16-36)32(42)25-4-2-13-33-20-25/h2,4-8,11-13,18,20,23,26H,3,9-10,14-17,19H2,1H3,(H,34,41)(H,35,40)(H,38,39). The van der Waals surface area contributed by atoms with Crippen LogP contribution < -0.4 is 15.5 Å². The molecular formula is C32H35N5O5. The van der Waals surface area contributed by atoms with E-state index in [1.165, 1.54) is 0 Å². The van der Waals surface area contributed by atoms with Crippen LogP contribution in [0.5, 0.6) is 0 Å². The molecule has 1 atom stereocenters. The first kappa shape index (κ1) is 28.8. The fraction of sp³-hybridized carbons (Fsp3) is 0.344. The molecule has 5 rings (SSSR count). The number of hydrogen-bond acceptors (Lipinski definition) is 6. The van der Waals surface area contributed by atoms with Crippen molar-refractivity contribution in [2.45, 2.75) is 38.6 Å². The Bertz CT molecular complexity index is 1460. The van der Waals surface area contributed by atoms with Gasteiger partial charge in [0.1, 0.15) is 0 Å². The Morgan fingerprint density at radius 1 is 0.976 bits per heavy atom. The number of rotatable bonds is 9. The van der Waals surface area contributed by atoms with Crippen molar-refractivity contribution in [1.82, 2.24) is 15.2 Å².